The SMILES string of the molecule is CC(O)CCNC(=O)c1ccccc1OC1CCC1. The largest absolute Gasteiger partial charge is 0.490 e. The smallest absolute Gasteiger partial charge is 0.255 e. The zero-order valence-corrected chi connectivity index (χ0v) is 11.3. The van der Waals surface area contributed by atoms with Crippen LogP contribution in [0.15, 0.2) is 24.3 Å². The van der Waals surface area contributed by atoms with Gasteiger partial charge in [-0.1, -0.05) is 12.1 Å². The van der Waals surface area contributed by atoms with Crippen LogP contribution in [0.1, 0.15) is 43.0 Å². The molecule has 0 saturated heterocycles. The molecule has 1 aliphatic rings. The number of para-hydroxylation sites is 1. The van der Waals surface area contributed by atoms with Crippen LogP contribution < -0.4 is 10.1 Å². The zero-order valence-electron chi connectivity index (χ0n) is 11.3. The number of rotatable bonds is 6. The second-order valence-corrected chi connectivity index (χ2v) is 5.06. The lowest BCUT2D eigenvalue weighted by atomic mass is 9.96. The summed E-state index contributed by atoms with van der Waals surface area (Å²) in [5, 5.41) is 12.0. The van der Waals surface area contributed by atoms with E-state index in [0.29, 0.717) is 24.3 Å². The van der Waals surface area contributed by atoms with Gasteiger partial charge in [0.1, 0.15) is 5.75 Å². The molecule has 1 unspecified atom stereocenters. The highest BCUT2D eigenvalue weighted by Gasteiger charge is 2.21. The number of ether oxygens (including phenoxy) is 1. The molecule has 0 spiro atoms. The summed E-state index contributed by atoms with van der Waals surface area (Å²) in [6, 6.07) is 7.31. The van der Waals surface area contributed by atoms with E-state index in [1.54, 1.807) is 13.0 Å². The highest BCUT2D eigenvalue weighted by molar-refractivity contribution is 5.96. The number of benzene rings is 1. The van der Waals surface area contributed by atoms with Crippen molar-refractivity contribution in [2.24, 2.45) is 0 Å². The molecule has 0 heterocycles. The van der Waals surface area contributed by atoms with Gasteiger partial charge < -0.3 is 15.2 Å². The first-order chi connectivity index (χ1) is 9.16. The molecule has 1 aromatic rings. The molecule has 1 saturated carbocycles. The summed E-state index contributed by atoms with van der Waals surface area (Å²) < 4.78 is 5.82. The highest BCUT2D eigenvalue weighted by atomic mass is 16.5. The predicted octanol–water partition coefficient (Wildman–Crippen LogP) is 2.12. The molecule has 4 heteroatoms. The Balaban J connectivity index is 1.95. The van der Waals surface area contributed by atoms with Gasteiger partial charge >= 0.3 is 0 Å². The lowest BCUT2D eigenvalue weighted by molar-refractivity contribution is 0.0921. The zero-order chi connectivity index (χ0) is 13.7. The minimum absolute atomic E-state index is 0.143. The Morgan fingerprint density at radius 3 is 2.84 bits per heavy atom. The first kappa shape index (κ1) is 13.9. The van der Waals surface area contributed by atoms with E-state index >= 15 is 0 Å². The van der Waals surface area contributed by atoms with Crippen LogP contribution in [-0.4, -0.2) is 29.8 Å². The van der Waals surface area contributed by atoms with Gasteiger partial charge in [0.15, 0.2) is 0 Å². The van der Waals surface area contributed by atoms with Gasteiger partial charge in [-0.25, -0.2) is 0 Å². The standard InChI is InChI=1S/C15H21NO3/c1-11(17)9-10-16-15(18)13-7-2-3-8-14(13)19-12-5-4-6-12/h2-3,7-8,11-12,17H,4-6,9-10H2,1H3,(H,16,18). The Morgan fingerprint density at radius 1 is 1.47 bits per heavy atom. The van der Waals surface area contributed by atoms with Gasteiger partial charge in [0, 0.05) is 6.54 Å². The van der Waals surface area contributed by atoms with Crippen LogP contribution in [0.3, 0.4) is 0 Å². The minimum atomic E-state index is -0.401. The third-order valence-electron chi connectivity index (χ3n) is 3.33. The number of carbonyl (C=O) groups is 1. The van der Waals surface area contributed by atoms with Crippen LogP contribution in [0.4, 0.5) is 0 Å². The van der Waals surface area contributed by atoms with Crippen LogP contribution >= 0.6 is 0 Å². The fraction of sp³-hybridized carbons (Fsp3) is 0.533. The molecule has 104 valence electrons. The number of aliphatic hydroxyl groups is 1. The van der Waals surface area contributed by atoms with Crippen LogP contribution in [-0.2, 0) is 0 Å². The Labute approximate surface area is 113 Å². The fourth-order valence-electron chi connectivity index (χ4n) is 1.92. The molecule has 0 bridgehead atoms. The quantitative estimate of drug-likeness (QED) is 0.826. The van der Waals surface area contributed by atoms with Gasteiger partial charge in [-0.15, -0.1) is 0 Å². The maximum Gasteiger partial charge on any atom is 0.255 e. The Morgan fingerprint density at radius 2 is 2.21 bits per heavy atom. The molecule has 1 fully saturated rings. The lowest BCUT2D eigenvalue weighted by Crippen LogP contribution is -2.29. The van der Waals surface area contributed by atoms with Crippen LogP contribution in [0, 0.1) is 0 Å². The summed E-state index contributed by atoms with van der Waals surface area (Å²) >= 11 is 0. The van der Waals surface area contributed by atoms with Crippen molar-refractivity contribution in [3.63, 3.8) is 0 Å². The maximum atomic E-state index is 12.1. The second kappa shape index (κ2) is 6.57. The number of hydrogen-bond acceptors (Lipinski definition) is 3. The molecule has 1 atom stereocenters. The minimum Gasteiger partial charge on any atom is -0.490 e. The van der Waals surface area contributed by atoms with Gasteiger partial charge in [-0.3, -0.25) is 4.79 Å². The topological polar surface area (TPSA) is 58.6 Å². The number of hydrogen-bond donors (Lipinski definition) is 2. The molecule has 19 heavy (non-hydrogen) atoms. The summed E-state index contributed by atoms with van der Waals surface area (Å²) in [5.74, 6) is 0.511. The van der Waals surface area contributed by atoms with E-state index in [9.17, 15) is 9.90 Å². The van der Waals surface area contributed by atoms with E-state index in [4.69, 9.17) is 4.74 Å². The predicted molar refractivity (Wildman–Crippen MR) is 73.3 cm³/mol. The van der Waals surface area contributed by atoms with Gasteiger partial charge in [0.25, 0.3) is 5.91 Å². The van der Waals surface area contributed by atoms with E-state index in [2.05, 4.69) is 5.32 Å². The molecule has 1 aromatic carbocycles. The van der Waals surface area contributed by atoms with Crippen molar-refractivity contribution in [3.8, 4) is 5.75 Å². The molecule has 2 rings (SSSR count). The van der Waals surface area contributed by atoms with Gasteiger partial charge in [-0.2, -0.15) is 0 Å². The number of amides is 1. The summed E-state index contributed by atoms with van der Waals surface area (Å²) in [5.41, 5.74) is 0.569. The van der Waals surface area contributed by atoms with E-state index in [0.717, 1.165) is 12.8 Å². The molecular formula is C15H21NO3. The lowest BCUT2D eigenvalue weighted by Gasteiger charge is -2.27. The third-order valence-corrected chi connectivity index (χ3v) is 3.33. The van der Waals surface area contributed by atoms with Crippen LogP contribution in [0.5, 0.6) is 5.75 Å². The summed E-state index contributed by atoms with van der Waals surface area (Å²) in [6.45, 7) is 2.17. The number of aliphatic hydroxyl groups excluding tert-OH is 1. The summed E-state index contributed by atoms with van der Waals surface area (Å²) in [4.78, 5) is 12.1. The highest BCUT2D eigenvalue weighted by Crippen LogP contribution is 2.27. The van der Waals surface area contributed by atoms with Crippen molar-refractivity contribution in [1.82, 2.24) is 5.32 Å². The van der Waals surface area contributed by atoms with Crippen LogP contribution in [0.2, 0.25) is 0 Å². The van der Waals surface area contributed by atoms with Crippen molar-refractivity contribution >= 4 is 5.91 Å². The van der Waals surface area contributed by atoms with Crippen molar-refractivity contribution in [2.75, 3.05) is 6.54 Å². The summed E-state index contributed by atoms with van der Waals surface area (Å²) in [7, 11) is 0. The van der Waals surface area contributed by atoms with Crippen molar-refractivity contribution in [3.05, 3.63) is 29.8 Å². The Hall–Kier alpha value is -1.55. The van der Waals surface area contributed by atoms with Gasteiger partial charge in [-0.05, 0) is 44.7 Å². The van der Waals surface area contributed by atoms with Crippen molar-refractivity contribution in [1.29, 1.82) is 0 Å². The molecule has 0 aromatic heterocycles. The van der Waals surface area contributed by atoms with Crippen LogP contribution in [0.25, 0.3) is 0 Å². The molecule has 0 aliphatic heterocycles. The average Bonchev–Trinajstić information content (AvgIpc) is 2.33. The second-order valence-electron chi connectivity index (χ2n) is 5.06. The summed E-state index contributed by atoms with van der Waals surface area (Å²) in [6.07, 6.45) is 3.74. The number of nitrogens with one attached hydrogen (secondary N) is 1. The van der Waals surface area contributed by atoms with Gasteiger partial charge in [0.2, 0.25) is 0 Å². The first-order valence-electron chi connectivity index (χ1n) is 6.89. The Kier molecular flexibility index (Phi) is 4.80. The normalized spacial score (nSPS) is 16.5. The molecule has 1 amide bonds. The molecular weight excluding hydrogens is 242 g/mol. The maximum absolute atomic E-state index is 12.1. The third kappa shape index (κ3) is 3.96. The molecule has 0 radical (unpaired) electrons. The van der Waals surface area contributed by atoms with E-state index in [1.165, 1.54) is 6.42 Å². The molecule has 1 aliphatic carbocycles. The average molecular weight is 263 g/mol. The molecule has 4 nitrogen and oxygen atoms in total. The van der Waals surface area contributed by atoms with E-state index < -0.39 is 6.10 Å². The number of carbonyl (C=O) groups excluding carboxylic acids is 1. The first-order valence-corrected chi connectivity index (χ1v) is 6.89. The van der Waals surface area contributed by atoms with Crippen molar-refractivity contribution < 1.29 is 14.6 Å². The van der Waals surface area contributed by atoms with Gasteiger partial charge in [0.05, 0.1) is 17.8 Å². The Bertz CT molecular complexity index is 427. The van der Waals surface area contributed by atoms with E-state index in [1.807, 2.05) is 18.2 Å². The monoisotopic (exact) mass is 263 g/mol. The van der Waals surface area contributed by atoms with Crippen molar-refractivity contribution in [2.45, 2.75) is 44.8 Å². The fourth-order valence-corrected chi connectivity index (χ4v) is 1.92. The van der Waals surface area contributed by atoms with E-state index in [-0.39, 0.29) is 12.0 Å². The molecule has 2 N–H and O–H groups in total.